The molecule has 0 saturated carbocycles. The Kier molecular flexibility index (Phi) is 3.91. The van der Waals surface area contributed by atoms with Crippen LogP contribution < -0.4 is 10.5 Å². The van der Waals surface area contributed by atoms with E-state index in [1.807, 2.05) is 6.92 Å². The van der Waals surface area contributed by atoms with Crippen molar-refractivity contribution in [3.8, 4) is 23.3 Å². The van der Waals surface area contributed by atoms with Crippen LogP contribution in [0.4, 0.5) is 0 Å². The first-order valence-corrected chi connectivity index (χ1v) is 8.42. The van der Waals surface area contributed by atoms with Gasteiger partial charge in [0.2, 0.25) is 11.8 Å². The van der Waals surface area contributed by atoms with Crippen LogP contribution >= 0.6 is 23.2 Å². The van der Waals surface area contributed by atoms with Crippen molar-refractivity contribution in [1.29, 1.82) is 5.26 Å². The summed E-state index contributed by atoms with van der Waals surface area (Å²) in [6, 6.07) is 10.8. The third-order valence-corrected chi connectivity index (χ3v) is 4.80. The smallest absolute Gasteiger partial charge is 0.244 e. The third-order valence-electron chi connectivity index (χ3n) is 4.23. The van der Waals surface area contributed by atoms with E-state index in [0.717, 1.165) is 5.69 Å². The fraction of sp³-hybridized carbons (Fsp3) is 0.111. The van der Waals surface area contributed by atoms with Gasteiger partial charge >= 0.3 is 0 Å². The maximum absolute atomic E-state index is 9.57. The van der Waals surface area contributed by atoms with Crippen LogP contribution in [-0.2, 0) is 0 Å². The minimum atomic E-state index is -0.519. The molecule has 3 heterocycles. The van der Waals surface area contributed by atoms with Gasteiger partial charge in [-0.2, -0.15) is 5.26 Å². The number of benzene rings is 1. The van der Waals surface area contributed by atoms with E-state index in [1.54, 1.807) is 30.3 Å². The highest BCUT2D eigenvalue weighted by Crippen LogP contribution is 2.44. The Morgan fingerprint density at radius 2 is 2.08 bits per heavy atom. The van der Waals surface area contributed by atoms with E-state index in [0.29, 0.717) is 38.6 Å². The number of furan rings is 1. The number of H-pyrrole nitrogens is 1. The number of aryl methyl sites for hydroxylation is 1. The number of nitrogens with two attached hydrogens (primary N) is 1. The molecular weight excluding hydrogens is 375 g/mol. The fourth-order valence-electron chi connectivity index (χ4n) is 3.02. The predicted octanol–water partition coefficient (Wildman–Crippen LogP) is 4.50. The summed E-state index contributed by atoms with van der Waals surface area (Å²) in [5, 5.41) is 17.6. The normalized spacial score (nSPS) is 16.2. The molecule has 0 amide bonds. The zero-order valence-corrected chi connectivity index (χ0v) is 15.0. The van der Waals surface area contributed by atoms with Gasteiger partial charge < -0.3 is 14.9 Å². The molecule has 0 radical (unpaired) electrons. The number of nitriles is 1. The van der Waals surface area contributed by atoms with Gasteiger partial charge in [-0.1, -0.05) is 23.2 Å². The van der Waals surface area contributed by atoms with Crippen LogP contribution in [0.5, 0.6) is 5.88 Å². The summed E-state index contributed by atoms with van der Waals surface area (Å²) in [5.74, 6) is 0.898. The average Bonchev–Trinajstić information content (AvgIpc) is 3.23. The Balaban J connectivity index is 1.86. The lowest BCUT2D eigenvalue weighted by Gasteiger charge is -2.21. The van der Waals surface area contributed by atoms with Crippen molar-refractivity contribution < 1.29 is 9.15 Å². The minimum absolute atomic E-state index is 0.00948. The number of allylic oxidation sites excluding steroid dienone is 1. The molecule has 0 saturated heterocycles. The van der Waals surface area contributed by atoms with E-state index in [2.05, 4.69) is 16.3 Å². The maximum atomic E-state index is 9.57. The van der Waals surface area contributed by atoms with Crippen LogP contribution in [-0.4, -0.2) is 10.2 Å². The number of rotatable bonds is 2. The van der Waals surface area contributed by atoms with Gasteiger partial charge in [-0.05, 0) is 37.3 Å². The van der Waals surface area contributed by atoms with Gasteiger partial charge in [-0.15, -0.1) is 5.10 Å². The molecule has 1 aromatic carbocycles. The topological polar surface area (TPSA) is 101 Å². The van der Waals surface area contributed by atoms with Gasteiger partial charge in [0.1, 0.15) is 23.2 Å². The Morgan fingerprint density at radius 1 is 1.27 bits per heavy atom. The highest BCUT2D eigenvalue weighted by atomic mass is 35.5. The highest BCUT2D eigenvalue weighted by molar-refractivity contribution is 6.35. The fourth-order valence-corrected chi connectivity index (χ4v) is 3.40. The maximum Gasteiger partial charge on any atom is 0.244 e. The summed E-state index contributed by atoms with van der Waals surface area (Å²) in [5.41, 5.74) is 8.32. The Labute approximate surface area is 158 Å². The molecule has 0 fully saturated rings. The van der Waals surface area contributed by atoms with Crippen molar-refractivity contribution in [2.45, 2.75) is 12.8 Å². The van der Waals surface area contributed by atoms with Crippen LogP contribution in [0.3, 0.4) is 0 Å². The molecule has 3 aromatic rings. The summed E-state index contributed by atoms with van der Waals surface area (Å²) in [6.45, 7) is 1.84. The molecule has 0 unspecified atom stereocenters. The summed E-state index contributed by atoms with van der Waals surface area (Å²) in [4.78, 5) is 0. The molecule has 130 valence electrons. The minimum Gasteiger partial charge on any atom is -0.460 e. The Morgan fingerprint density at radius 3 is 2.85 bits per heavy atom. The summed E-state index contributed by atoms with van der Waals surface area (Å²) < 4.78 is 11.5. The first kappa shape index (κ1) is 16.6. The van der Waals surface area contributed by atoms with Crippen molar-refractivity contribution in [2.75, 3.05) is 0 Å². The second-order valence-electron chi connectivity index (χ2n) is 5.82. The Bertz CT molecular complexity index is 1090. The van der Waals surface area contributed by atoms with Crippen molar-refractivity contribution >= 4 is 23.2 Å². The average molecular weight is 387 g/mol. The highest BCUT2D eigenvalue weighted by Gasteiger charge is 2.36. The van der Waals surface area contributed by atoms with Gasteiger partial charge in [0.15, 0.2) is 0 Å². The lowest BCUT2D eigenvalue weighted by Crippen LogP contribution is -2.20. The van der Waals surface area contributed by atoms with Crippen LogP contribution in [0.1, 0.15) is 22.9 Å². The van der Waals surface area contributed by atoms with Gasteiger partial charge in [0.25, 0.3) is 0 Å². The molecule has 6 nitrogen and oxygen atoms in total. The summed E-state index contributed by atoms with van der Waals surface area (Å²) in [6.07, 6.45) is 0. The molecule has 8 heteroatoms. The van der Waals surface area contributed by atoms with Crippen molar-refractivity contribution in [3.63, 3.8) is 0 Å². The zero-order valence-electron chi connectivity index (χ0n) is 13.5. The van der Waals surface area contributed by atoms with Crippen molar-refractivity contribution in [3.05, 3.63) is 68.9 Å². The van der Waals surface area contributed by atoms with Crippen LogP contribution in [0.15, 0.2) is 46.2 Å². The van der Waals surface area contributed by atoms with Crippen molar-refractivity contribution in [2.24, 2.45) is 5.73 Å². The van der Waals surface area contributed by atoms with Crippen LogP contribution in [0, 0.1) is 18.3 Å². The quantitative estimate of drug-likeness (QED) is 0.674. The van der Waals surface area contributed by atoms with Gasteiger partial charge in [0.05, 0.1) is 16.5 Å². The number of ether oxygens (including phenoxy) is 1. The molecular formula is C18H12Cl2N4O2. The second-order valence-corrected chi connectivity index (χ2v) is 6.66. The third kappa shape index (κ3) is 2.53. The van der Waals surface area contributed by atoms with Crippen molar-refractivity contribution in [1.82, 2.24) is 10.2 Å². The standard InChI is InChI=1S/C18H12Cl2N4O2/c1-8-15-16(11(7-21)17(22)26-18(15)24-23-8)14-5-4-13(25-14)10-6-9(19)2-3-12(10)20/h2-6,16H,22H2,1H3,(H,23,24)/t16-/m0/s1. The molecule has 0 bridgehead atoms. The van der Waals surface area contributed by atoms with Gasteiger partial charge in [-0.3, -0.25) is 5.10 Å². The molecule has 1 aliphatic heterocycles. The number of nitrogens with one attached hydrogen (secondary N) is 1. The van der Waals surface area contributed by atoms with Gasteiger partial charge in [-0.25, -0.2) is 0 Å². The first-order valence-electron chi connectivity index (χ1n) is 7.67. The molecule has 4 rings (SSSR count). The van der Waals surface area contributed by atoms with Gasteiger partial charge in [0, 0.05) is 16.3 Å². The van der Waals surface area contributed by atoms with E-state index in [9.17, 15) is 5.26 Å². The molecule has 1 aliphatic rings. The molecule has 3 N–H and O–H groups in total. The number of nitrogens with zero attached hydrogens (tertiary/aromatic N) is 2. The second kappa shape index (κ2) is 6.13. The first-order chi connectivity index (χ1) is 12.5. The summed E-state index contributed by atoms with van der Waals surface area (Å²) >= 11 is 12.3. The predicted molar refractivity (Wildman–Crippen MR) is 96.8 cm³/mol. The van der Waals surface area contributed by atoms with Crippen LogP contribution in [0.25, 0.3) is 11.3 Å². The zero-order chi connectivity index (χ0) is 18.4. The van der Waals surface area contributed by atoms with E-state index in [1.165, 1.54) is 0 Å². The van der Waals surface area contributed by atoms with E-state index >= 15 is 0 Å². The van der Waals surface area contributed by atoms with E-state index in [4.69, 9.17) is 38.1 Å². The number of halogens is 2. The molecule has 26 heavy (non-hydrogen) atoms. The lowest BCUT2D eigenvalue weighted by molar-refractivity contribution is 0.371. The number of hydrogen-bond acceptors (Lipinski definition) is 5. The van der Waals surface area contributed by atoms with E-state index in [-0.39, 0.29) is 11.5 Å². The monoisotopic (exact) mass is 386 g/mol. The summed E-state index contributed by atoms with van der Waals surface area (Å²) in [7, 11) is 0. The van der Waals surface area contributed by atoms with E-state index < -0.39 is 5.92 Å². The molecule has 2 aromatic heterocycles. The Hall–Kier alpha value is -2.88. The molecule has 0 spiro atoms. The molecule has 0 aliphatic carbocycles. The number of fused-ring (bicyclic) bond motifs is 1. The molecule has 1 atom stereocenters. The van der Waals surface area contributed by atoms with Crippen LogP contribution in [0.2, 0.25) is 10.0 Å². The number of aromatic amines is 1. The largest absolute Gasteiger partial charge is 0.460 e. The lowest BCUT2D eigenvalue weighted by atomic mass is 9.88. The SMILES string of the molecule is Cc1[nH]nc2c1[C@H](c1ccc(-c3cc(Cl)ccc3Cl)o1)C(C#N)=C(N)O2. The number of aromatic nitrogens is 2. The number of hydrogen-bond donors (Lipinski definition) is 2.